The largest absolute Gasteiger partial charge is 0.481 e. The molecular weight excluding hydrogens is 608 g/mol. The maximum Gasteiger partial charge on any atom is 0.312 e. The molecule has 0 bridgehead atoms. The predicted octanol–water partition coefficient (Wildman–Crippen LogP) is 9.13. The molecule has 0 radical (unpaired) electrons. The maximum absolute atomic E-state index is 13.3. The number of carboxylic acid groups (broad SMARTS) is 1. The van der Waals surface area contributed by atoms with Gasteiger partial charge in [-0.25, -0.2) is 0 Å². The van der Waals surface area contributed by atoms with Crippen molar-refractivity contribution in [2.75, 3.05) is 26.2 Å². The van der Waals surface area contributed by atoms with Gasteiger partial charge in [-0.1, -0.05) is 53.7 Å². The monoisotopic (exact) mass is 681 g/mol. The van der Waals surface area contributed by atoms with Crippen molar-refractivity contribution in [3.63, 3.8) is 0 Å². The van der Waals surface area contributed by atoms with Crippen LogP contribution in [0.15, 0.2) is 12.2 Å². The Morgan fingerprint density at radius 1 is 0.878 bits per heavy atom. The first-order valence-corrected chi connectivity index (χ1v) is 20.4. The number of nitrogens with one attached hydrogen (secondary N) is 1. The molecule has 278 valence electrons. The molecule has 0 aromatic rings. The molecule has 5 saturated carbocycles. The molecule has 5 aliphatic carbocycles. The van der Waals surface area contributed by atoms with Gasteiger partial charge in [0.1, 0.15) is 6.10 Å². The van der Waals surface area contributed by atoms with E-state index in [1.54, 1.807) is 13.8 Å². The first-order chi connectivity index (χ1) is 22.8. The zero-order valence-corrected chi connectivity index (χ0v) is 32.9. The summed E-state index contributed by atoms with van der Waals surface area (Å²) < 4.78 is 6.28. The van der Waals surface area contributed by atoms with Gasteiger partial charge >= 0.3 is 11.9 Å². The van der Waals surface area contributed by atoms with Crippen molar-refractivity contribution in [1.29, 1.82) is 0 Å². The topological polar surface area (TPSA) is 78.9 Å². The van der Waals surface area contributed by atoms with Gasteiger partial charge in [-0.05, 0) is 163 Å². The quantitative estimate of drug-likeness (QED) is 0.187. The highest BCUT2D eigenvalue weighted by molar-refractivity contribution is 5.82. The third-order valence-electron chi connectivity index (χ3n) is 17.2. The van der Waals surface area contributed by atoms with E-state index >= 15 is 0 Å². The van der Waals surface area contributed by atoms with E-state index < -0.39 is 11.4 Å². The van der Waals surface area contributed by atoms with E-state index in [9.17, 15) is 14.7 Å². The van der Waals surface area contributed by atoms with Crippen molar-refractivity contribution in [2.45, 2.75) is 157 Å². The van der Waals surface area contributed by atoms with Crippen molar-refractivity contribution in [3.05, 3.63) is 12.2 Å². The number of carboxylic acids is 1. The highest BCUT2D eigenvalue weighted by Crippen LogP contribution is 2.76. The molecule has 6 aliphatic rings. The summed E-state index contributed by atoms with van der Waals surface area (Å²) in [5.74, 6) is 2.71. The van der Waals surface area contributed by atoms with Crippen LogP contribution in [0.25, 0.3) is 0 Å². The molecule has 6 heteroatoms. The number of carbonyl (C=O) groups is 2. The molecule has 0 amide bonds. The summed E-state index contributed by atoms with van der Waals surface area (Å²) in [6.07, 6.45) is 14.5. The molecule has 6 rings (SSSR count). The zero-order valence-electron chi connectivity index (χ0n) is 32.9. The Balaban J connectivity index is 1.21. The fraction of sp³-hybridized carbons (Fsp3) is 0.907. The number of nitrogens with zero attached hydrogens (tertiary/aromatic N) is 1. The molecule has 6 fully saturated rings. The van der Waals surface area contributed by atoms with E-state index in [0.717, 1.165) is 31.2 Å². The molecule has 0 aromatic carbocycles. The Kier molecular flexibility index (Phi) is 9.85. The molecule has 1 heterocycles. The minimum atomic E-state index is -1.03. The van der Waals surface area contributed by atoms with E-state index in [-0.39, 0.29) is 40.3 Å². The number of ether oxygens (including phenoxy) is 1. The highest BCUT2D eigenvalue weighted by Gasteiger charge is 2.71. The van der Waals surface area contributed by atoms with Crippen LogP contribution in [0, 0.1) is 62.6 Å². The lowest BCUT2D eigenvalue weighted by atomic mass is 9.32. The van der Waals surface area contributed by atoms with Crippen LogP contribution in [0.1, 0.15) is 146 Å². The Hall–Kier alpha value is -1.40. The smallest absolute Gasteiger partial charge is 0.312 e. The number of piperidine rings is 1. The molecule has 49 heavy (non-hydrogen) atoms. The summed E-state index contributed by atoms with van der Waals surface area (Å²) in [6, 6.07) is 0. The van der Waals surface area contributed by atoms with Crippen molar-refractivity contribution >= 4 is 11.9 Å². The van der Waals surface area contributed by atoms with Gasteiger partial charge in [-0.2, -0.15) is 0 Å². The van der Waals surface area contributed by atoms with Crippen LogP contribution < -0.4 is 5.32 Å². The van der Waals surface area contributed by atoms with Crippen molar-refractivity contribution in [3.8, 4) is 0 Å². The molecule has 10 atom stereocenters. The lowest BCUT2D eigenvalue weighted by Crippen LogP contribution is -2.69. The van der Waals surface area contributed by atoms with Crippen molar-refractivity contribution < 1.29 is 19.4 Å². The second kappa shape index (κ2) is 12.9. The van der Waals surface area contributed by atoms with Crippen molar-refractivity contribution in [1.82, 2.24) is 10.2 Å². The van der Waals surface area contributed by atoms with Gasteiger partial charge in [0, 0.05) is 24.0 Å². The van der Waals surface area contributed by atoms with Gasteiger partial charge in [-0.3, -0.25) is 9.59 Å². The maximum atomic E-state index is 13.3. The van der Waals surface area contributed by atoms with Crippen LogP contribution >= 0.6 is 0 Å². The Morgan fingerprint density at radius 2 is 1.57 bits per heavy atom. The zero-order chi connectivity index (χ0) is 35.8. The second-order valence-corrected chi connectivity index (χ2v) is 20.5. The highest BCUT2D eigenvalue weighted by atomic mass is 16.5. The molecule has 0 aromatic heterocycles. The van der Waals surface area contributed by atoms with E-state index in [1.165, 1.54) is 89.4 Å². The lowest BCUT2D eigenvalue weighted by molar-refractivity contribution is -0.247. The van der Waals surface area contributed by atoms with Gasteiger partial charge in [0.25, 0.3) is 0 Å². The van der Waals surface area contributed by atoms with Gasteiger partial charge < -0.3 is 20.1 Å². The van der Waals surface area contributed by atoms with Gasteiger partial charge in [0.15, 0.2) is 0 Å². The number of esters is 1. The standard InChI is InChI=1S/C43H72N2O4/c1-28(2)30-13-20-43(44-23-26-45-24-16-29(3)17-25-45)22-21-41(9)31(36(30)43)11-12-33-40(8)18-15-34(49-37(48)38(4,5)27-35(46)47)39(6,7)32(40)14-19-42(33,41)10/h29-34,36,44H,1,11-27H2,2-10H3,(H,46,47)/t30-,31+,32-,33+,34-,36+,40-,41+,42+,43-/m0/s1. The SMILES string of the molecule is C=C(C)[C@@H]1CC[C@]2(NCCN3CCC(C)CC3)CC[C@]3(C)[C@H](CC[C@@H]4[C@@]5(C)CC[C@H](OC(=O)C(C)(C)CC(=O)O)C(C)(C)[C@@H]5CC[C@]43C)[C@@H]12. The predicted molar refractivity (Wildman–Crippen MR) is 198 cm³/mol. The molecule has 2 N–H and O–H groups in total. The lowest BCUT2D eigenvalue weighted by Gasteiger charge is -2.73. The van der Waals surface area contributed by atoms with E-state index in [1.807, 2.05) is 0 Å². The fourth-order valence-electron chi connectivity index (χ4n) is 14.1. The molecule has 0 spiro atoms. The minimum Gasteiger partial charge on any atom is -0.481 e. The average molecular weight is 681 g/mol. The van der Waals surface area contributed by atoms with Gasteiger partial charge in [-0.15, -0.1) is 0 Å². The number of hydrogen-bond acceptors (Lipinski definition) is 5. The number of allylic oxidation sites excluding steroid dienone is 1. The Labute approximate surface area is 299 Å². The first kappa shape index (κ1) is 37.4. The number of carbonyl (C=O) groups excluding carboxylic acids is 1. The van der Waals surface area contributed by atoms with E-state index in [2.05, 4.69) is 65.3 Å². The first-order valence-electron chi connectivity index (χ1n) is 20.4. The molecular formula is C43H72N2O4. The van der Waals surface area contributed by atoms with E-state index in [0.29, 0.717) is 29.1 Å². The summed E-state index contributed by atoms with van der Waals surface area (Å²) in [5.41, 5.74) is 1.26. The normalized spacial score (nSPS) is 43.9. The average Bonchev–Trinajstić information content (AvgIpc) is 3.39. The Morgan fingerprint density at radius 3 is 2.22 bits per heavy atom. The molecule has 1 aliphatic heterocycles. The fourth-order valence-corrected chi connectivity index (χ4v) is 14.1. The van der Waals surface area contributed by atoms with Gasteiger partial charge in [0.05, 0.1) is 11.8 Å². The number of fused-ring (bicyclic) bond motifs is 7. The number of rotatable bonds is 9. The molecule has 6 nitrogen and oxygen atoms in total. The van der Waals surface area contributed by atoms with Crippen LogP contribution in [-0.4, -0.2) is 59.8 Å². The molecule has 1 saturated heterocycles. The third kappa shape index (κ3) is 6.07. The summed E-state index contributed by atoms with van der Waals surface area (Å²) in [5, 5.41) is 13.7. The van der Waals surface area contributed by atoms with Crippen LogP contribution in [-0.2, 0) is 14.3 Å². The molecule has 0 unspecified atom stereocenters. The van der Waals surface area contributed by atoms with Crippen LogP contribution in [0.5, 0.6) is 0 Å². The Bertz CT molecular complexity index is 1280. The van der Waals surface area contributed by atoms with Crippen LogP contribution in [0.3, 0.4) is 0 Å². The summed E-state index contributed by atoms with van der Waals surface area (Å²) in [6.45, 7) is 30.3. The summed E-state index contributed by atoms with van der Waals surface area (Å²) >= 11 is 0. The van der Waals surface area contributed by atoms with Crippen LogP contribution in [0.4, 0.5) is 0 Å². The van der Waals surface area contributed by atoms with E-state index in [4.69, 9.17) is 4.74 Å². The summed E-state index contributed by atoms with van der Waals surface area (Å²) in [4.78, 5) is 27.5. The minimum absolute atomic E-state index is 0.157. The number of aliphatic carboxylic acids is 1. The van der Waals surface area contributed by atoms with Crippen molar-refractivity contribution in [2.24, 2.45) is 62.6 Å². The number of hydrogen-bond donors (Lipinski definition) is 2. The van der Waals surface area contributed by atoms with Gasteiger partial charge in [0.2, 0.25) is 0 Å². The number of likely N-dealkylation sites (tertiary alicyclic amines) is 1. The van der Waals surface area contributed by atoms with Crippen LogP contribution in [0.2, 0.25) is 0 Å². The second-order valence-electron chi connectivity index (χ2n) is 20.5. The summed E-state index contributed by atoms with van der Waals surface area (Å²) in [7, 11) is 0. The third-order valence-corrected chi connectivity index (χ3v) is 17.2.